The highest BCUT2D eigenvalue weighted by Crippen LogP contribution is 2.15. The highest BCUT2D eigenvalue weighted by molar-refractivity contribution is 5.10. The Bertz CT molecular complexity index is 610. The van der Waals surface area contributed by atoms with E-state index in [9.17, 15) is 0 Å². The average Bonchev–Trinajstić information content (AvgIpc) is 2.76. The molecule has 5 heteroatoms. The SMILES string of the molecule is Cc1cccc(C[C@H]2COCCN(Cc3nccn3C)C2)n1. The van der Waals surface area contributed by atoms with Crippen LogP contribution in [0.25, 0.3) is 0 Å². The molecule has 118 valence electrons. The second kappa shape index (κ2) is 7.03. The summed E-state index contributed by atoms with van der Waals surface area (Å²) in [6, 6.07) is 6.24. The van der Waals surface area contributed by atoms with Crippen molar-refractivity contribution < 1.29 is 4.74 Å². The molecule has 0 saturated carbocycles. The molecule has 1 fully saturated rings. The van der Waals surface area contributed by atoms with Crippen molar-refractivity contribution in [1.82, 2.24) is 19.4 Å². The third-order valence-electron chi connectivity index (χ3n) is 4.15. The van der Waals surface area contributed by atoms with E-state index in [0.717, 1.165) is 56.5 Å². The van der Waals surface area contributed by atoms with Crippen LogP contribution in [0.2, 0.25) is 0 Å². The van der Waals surface area contributed by atoms with Gasteiger partial charge in [0.25, 0.3) is 0 Å². The van der Waals surface area contributed by atoms with E-state index in [0.29, 0.717) is 5.92 Å². The number of hydrogen-bond acceptors (Lipinski definition) is 4. The minimum atomic E-state index is 0.483. The van der Waals surface area contributed by atoms with Gasteiger partial charge in [0, 0.05) is 49.8 Å². The minimum Gasteiger partial charge on any atom is -0.380 e. The number of pyridine rings is 1. The van der Waals surface area contributed by atoms with Crippen LogP contribution in [0.1, 0.15) is 17.2 Å². The molecular weight excluding hydrogens is 276 g/mol. The van der Waals surface area contributed by atoms with Crippen LogP contribution in [0.5, 0.6) is 0 Å². The number of nitrogens with zero attached hydrogens (tertiary/aromatic N) is 4. The number of rotatable bonds is 4. The first-order valence-corrected chi connectivity index (χ1v) is 7.89. The van der Waals surface area contributed by atoms with E-state index in [1.807, 2.05) is 32.4 Å². The third kappa shape index (κ3) is 3.93. The van der Waals surface area contributed by atoms with Crippen LogP contribution >= 0.6 is 0 Å². The summed E-state index contributed by atoms with van der Waals surface area (Å²) in [5.74, 6) is 1.59. The molecule has 2 aromatic rings. The van der Waals surface area contributed by atoms with E-state index >= 15 is 0 Å². The zero-order chi connectivity index (χ0) is 15.4. The summed E-state index contributed by atoms with van der Waals surface area (Å²) in [4.78, 5) is 11.5. The molecule has 3 heterocycles. The second-order valence-corrected chi connectivity index (χ2v) is 6.10. The number of aryl methyl sites for hydroxylation is 2. The van der Waals surface area contributed by atoms with E-state index in [4.69, 9.17) is 4.74 Å². The lowest BCUT2D eigenvalue weighted by atomic mass is 10.0. The van der Waals surface area contributed by atoms with Crippen molar-refractivity contribution in [1.29, 1.82) is 0 Å². The van der Waals surface area contributed by atoms with Crippen LogP contribution in [0.4, 0.5) is 0 Å². The summed E-state index contributed by atoms with van der Waals surface area (Å²) in [5, 5.41) is 0. The first-order valence-electron chi connectivity index (χ1n) is 7.89. The van der Waals surface area contributed by atoms with Gasteiger partial charge >= 0.3 is 0 Å². The van der Waals surface area contributed by atoms with Crippen molar-refractivity contribution in [2.75, 3.05) is 26.3 Å². The van der Waals surface area contributed by atoms with Gasteiger partial charge in [0.05, 0.1) is 19.8 Å². The van der Waals surface area contributed by atoms with Gasteiger partial charge in [-0.15, -0.1) is 0 Å². The molecule has 0 spiro atoms. The molecule has 1 aliphatic rings. The molecule has 22 heavy (non-hydrogen) atoms. The van der Waals surface area contributed by atoms with Gasteiger partial charge in [0.15, 0.2) is 0 Å². The van der Waals surface area contributed by atoms with E-state index in [1.54, 1.807) is 0 Å². The van der Waals surface area contributed by atoms with Gasteiger partial charge in [-0.3, -0.25) is 9.88 Å². The van der Waals surface area contributed by atoms with Crippen molar-refractivity contribution in [3.63, 3.8) is 0 Å². The number of hydrogen-bond donors (Lipinski definition) is 0. The summed E-state index contributed by atoms with van der Waals surface area (Å²) >= 11 is 0. The summed E-state index contributed by atoms with van der Waals surface area (Å²) in [5.41, 5.74) is 2.24. The normalized spacial score (nSPS) is 20.0. The maximum atomic E-state index is 5.79. The molecule has 0 bridgehead atoms. The quantitative estimate of drug-likeness (QED) is 0.864. The highest BCUT2D eigenvalue weighted by Gasteiger charge is 2.20. The molecule has 2 aromatic heterocycles. The topological polar surface area (TPSA) is 43.2 Å². The average molecular weight is 300 g/mol. The number of imidazole rings is 1. The van der Waals surface area contributed by atoms with Gasteiger partial charge in [-0.2, -0.15) is 0 Å². The van der Waals surface area contributed by atoms with E-state index in [2.05, 4.69) is 31.6 Å². The maximum absolute atomic E-state index is 5.79. The predicted molar refractivity (Wildman–Crippen MR) is 85.5 cm³/mol. The van der Waals surface area contributed by atoms with Crippen LogP contribution in [0.3, 0.4) is 0 Å². The van der Waals surface area contributed by atoms with Crippen molar-refractivity contribution in [3.05, 3.63) is 47.8 Å². The fourth-order valence-electron chi connectivity index (χ4n) is 2.98. The zero-order valence-corrected chi connectivity index (χ0v) is 13.4. The second-order valence-electron chi connectivity index (χ2n) is 6.10. The Balaban J connectivity index is 1.63. The van der Waals surface area contributed by atoms with Gasteiger partial charge in [0.1, 0.15) is 5.82 Å². The molecule has 0 radical (unpaired) electrons. The molecule has 5 nitrogen and oxygen atoms in total. The Morgan fingerprint density at radius 1 is 1.36 bits per heavy atom. The summed E-state index contributed by atoms with van der Waals surface area (Å²) in [6.07, 6.45) is 4.83. The molecule has 1 aliphatic heterocycles. The van der Waals surface area contributed by atoms with Gasteiger partial charge < -0.3 is 9.30 Å². The zero-order valence-electron chi connectivity index (χ0n) is 13.4. The standard InChI is InChI=1S/C17H24N4O/c1-14-4-3-5-16(19-14)10-15-11-21(8-9-22-13-15)12-17-18-6-7-20(17)2/h3-7,15H,8-13H2,1-2H3/t15-/m1/s1. The van der Waals surface area contributed by atoms with Gasteiger partial charge in [-0.05, 0) is 25.5 Å². The Morgan fingerprint density at radius 3 is 3.05 bits per heavy atom. The molecular formula is C17H24N4O. The van der Waals surface area contributed by atoms with E-state index < -0.39 is 0 Å². The van der Waals surface area contributed by atoms with Crippen molar-refractivity contribution in [2.45, 2.75) is 19.9 Å². The van der Waals surface area contributed by atoms with Crippen LogP contribution in [0, 0.1) is 12.8 Å². The van der Waals surface area contributed by atoms with Crippen LogP contribution < -0.4 is 0 Å². The lowest BCUT2D eigenvalue weighted by Crippen LogP contribution is -2.31. The summed E-state index contributed by atoms with van der Waals surface area (Å²) < 4.78 is 7.88. The number of ether oxygens (including phenoxy) is 1. The van der Waals surface area contributed by atoms with Crippen molar-refractivity contribution in [3.8, 4) is 0 Å². The molecule has 1 saturated heterocycles. The molecule has 3 rings (SSSR count). The molecule has 0 aliphatic carbocycles. The fraction of sp³-hybridized carbons (Fsp3) is 0.529. The first kappa shape index (κ1) is 15.2. The lowest BCUT2D eigenvalue weighted by Gasteiger charge is -2.23. The van der Waals surface area contributed by atoms with Gasteiger partial charge in [-0.1, -0.05) is 6.07 Å². The molecule has 0 unspecified atom stereocenters. The van der Waals surface area contributed by atoms with Crippen LogP contribution in [-0.2, 0) is 24.8 Å². The van der Waals surface area contributed by atoms with Crippen molar-refractivity contribution >= 4 is 0 Å². The largest absolute Gasteiger partial charge is 0.380 e. The van der Waals surface area contributed by atoms with Crippen molar-refractivity contribution in [2.24, 2.45) is 13.0 Å². The highest BCUT2D eigenvalue weighted by atomic mass is 16.5. The molecule has 1 atom stereocenters. The Labute approximate surface area is 131 Å². The van der Waals surface area contributed by atoms with Gasteiger partial charge in [0.2, 0.25) is 0 Å². The maximum Gasteiger partial charge on any atom is 0.122 e. The van der Waals surface area contributed by atoms with Crippen LogP contribution in [0.15, 0.2) is 30.6 Å². The molecule has 0 amide bonds. The third-order valence-corrected chi connectivity index (χ3v) is 4.15. The lowest BCUT2D eigenvalue weighted by molar-refractivity contribution is 0.121. The Morgan fingerprint density at radius 2 is 2.27 bits per heavy atom. The fourth-order valence-corrected chi connectivity index (χ4v) is 2.98. The predicted octanol–water partition coefficient (Wildman–Crippen LogP) is 1.81. The smallest absolute Gasteiger partial charge is 0.122 e. The first-order chi connectivity index (χ1) is 10.7. The monoisotopic (exact) mass is 300 g/mol. The summed E-state index contributed by atoms with van der Waals surface area (Å²) in [6.45, 7) is 6.52. The van der Waals surface area contributed by atoms with Gasteiger partial charge in [-0.25, -0.2) is 4.98 Å². The number of aromatic nitrogens is 3. The minimum absolute atomic E-state index is 0.483. The Kier molecular flexibility index (Phi) is 4.85. The van der Waals surface area contributed by atoms with Crippen LogP contribution in [-0.4, -0.2) is 45.7 Å². The Hall–Kier alpha value is -1.72. The molecule has 0 N–H and O–H groups in total. The summed E-state index contributed by atoms with van der Waals surface area (Å²) in [7, 11) is 2.05. The van der Waals surface area contributed by atoms with E-state index in [1.165, 1.54) is 0 Å². The van der Waals surface area contributed by atoms with E-state index in [-0.39, 0.29) is 0 Å². The molecule has 0 aromatic carbocycles.